The Morgan fingerprint density at radius 2 is 2.00 bits per heavy atom. The van der Waals surface area contributed by atoms with Crippen molar-refractivity contribution in [3.63, 3.8) is 0 Å². The van der Waals surface area contributed by atoms with Gasteiger partial charge in [0.25, 0.3) is 5.91 Å². The van der Waals surface area contributed by atoms with Gasteiger partial charge in [-0.3, -0.25) is 14.4 Å². The molecule has 0 bridgehead atoms. The predicted octanol–water partition coefficient (Wildman–Crippen LogP) is 1.74. The molecule has 170 valence electrons. The summed E-state index contributed by atoms with van der Waals surface area (Å²) < 4.78 is 5.00. The van der Waals surface area contributed by atoms with E-state index in [1.807, 2.05) is 26.0 Å². The second-order valence-electron chi connectivity index (χ2n) is 8.11. The largest absolute Gasteiger partial charge is 0.480 e. The molecule has 1 aliphatic heterocycles. The van der Waals surface area contributed by atoms with Crippen LogP contribution in [0.25, 0.3) is 0 Å². The maximum atomic E-state index is 13.2. The van der Waals surface area contributed by atoms with E-state index in [9.17, 15) is 14.4 Å². The molecule has 0 spiro atoms. The van der Waals surface area contributed by atoms with Crippen molar-refractivity contribution in [2.24, 2.45) is 11.7 Å². The van der Waals surface area contributed by atoms with E-state index < -0.39 is 23.3 Å². The van der Waals surface area contributed by atoms with Crippen molar-refractivity contribution in [3.05, 3.63) is 41.7 Å². The van der Waals surface area contributed by atoms with Gasteiger partial charge in [0.1, 0.15) is 11.4 Å². The number of rotatable bonds is 5. The van der Waals surface area contributed by atoms with Crippen LogP contribution < -0.4 is 21.1 Å². The fourth-order valence-corrected chi connectivity index (χ4v) is 3.90. The van der Waals surface area contributed by atoms with Crippen LogP contribution >= 0.6 is 0 Å². The summed E-state index contributed by atoms with van der Waals surface area (Å²) in [6.45, 7) is 4.43. The summed E-state index contributed by atoms with van der Waals surface area (Å²) in [5.74, 6) is -1.26. The number of hydrogen-bond acceptors (Lipinski definition) is 7. The average Bonchev–Trinajstić information content (AvgIpc) is 2.80. The van der Waals surface area contributed by atoms with Crippen LogP contribution in [0.15, 0.2) is 30.6 Å². The standard InChI is InChI=1S/C22H28N6O4/c1-13-7-8-22(2,14-5-6-17(24-3)25-10-14)28(12-13)21(31)19(30)27-15-9-16(18(23)29)20(32-4)26-11-15/h5-6,9-11,13H,7-8,12H2,1-4H3,(H2,23,29)(H,24,25)(H,27,30)/t13-,22+/m1/s1. The molecule has 0 aromatic carbocycles. The number of nitrogens with two attached hydrogens (primary N) is 1. The molecule has 2 atom stereocenters. The lowest BCUT2D eigenvalue weighted by Gasteiger charge is -2.46. The van der Waals surface area contributed by atoms with Crippen molar-refractivity contribution in [2.45, 2.75) is 32.2 Å². The Kier molecular flexibility index (Phi) is 6.61. The molecule has 4 N–H and O–H groups in total. The molecule has 3 amide bonds. The second-order valence-corrected chi connectivity index (χ2v) is 8.11. The Bertz CT molecular complexity index is 1030. The zero-order chi connectivity index (χ0) is 23.5. The number of nitrogens with zero attached hydrogens (tertiary/aromatic N) is 3. The topological polar surface area (TPSA) is 140 Å². The first-order chi connectivity index (χ1) is 15.2. The molecule has 2 aromatic rings. The van der Waals surface area contributed by atoms with Crippen molar-refractivity contribution in [3.8, 4) is 5.88 Å². The summed E-state index contributed by atoms with van der Waals surface area (Å²) in [4.78, 5) is 47.7. The van der Waals surface area contributed by atoms with Crippen molar-refractivity contribution in [1.82, 2.24) is 14.9 Å². The van der Waals surface area contributed by atoms with Gasteiger partial charge in [0.15, 0.2) is 0 Å². The Hall–Kier alpha value is -3.69. The molecule has 1 aliphatic rings. The van der Waals surface area contributed by atoms with Crippen LogP contribution in [0.1, 0.15) is 42.6 Å². The molecule has 0 aliphatic carbocycles. The van der Waals surface area contributed by atoms with Gasteiger partial charge in [-0.2, -0.15) is 0 Å². The Labute approximate surface area is 186 Å². The van der Waals surface area contributed by atoms with E-state index >= 15 is 0 Å². The summed E-state index contributed by atoms with van der Waals surface area (Å²) in [5.41, 5.74) is 5.69. The van der Waals surface area contributed by atoms with E-state index in [2.05, 4.69) is 20.6 Å². The number of hydrogen-bond donors (Lipinski definition) is 3. The molecular weight excluding hydrogens is 412 g/mol. The number of methoxy groups -OCH3 is 1. The highest BCUT2D eigenvalue weighted by atomic mass is 16.5. The van der Waals surface area contributed by atoms with Crippen LogP contribution in [0.2, 0.25) is 0 Å². The first-order valence-electron chi connectivity index (χ1n) is 10.3. The summed E-state index contributed by atoms with van der Waals surface area (Å²) in [6, 6.07) is 5.09. The third-order valence-corrected chi connectivity index (χ3v) is 5.86. The Morgan fingerprint density at radius 1 is 1.25 bits per heavy atom. The number of ether oxygens (including phenoxy) is 1. The van der Waals surface area contributed by atoms with E-state index in [1.165, 1.54) is 19.4 Å². The molecule has 32 heavy (non-hydrogen) atoms. The van der Waals surface area contributed by atoms with Gasteiger partial charge in [0, 0.05) is 19.8 Å². The van der Waals surface area contributed by atoms with E-state index in [0.717, 1.165) is 17.8 Å². The quantitative estimate of drug-likeness (QED) is 0.602. The van der Waals surface area contributed by atoms with Crippen LogP contribution in [0.4, 0.5) is 11.5 Å². The highest BCUT2D eigenvalue weighted by Crippen LogP contribution is 2.39. The molecule has 2 aromatic heterocycles. The summed E-state index contributed by atoms with van der Waals surface area (Å²) in [5, 5.41) is 5.50. The van der Waals surface area contributed by atoms with Gasteiger partial charge in [-0.25, -0.2) is 9.97 Å². The Balaban J connectivity index is 1.86. The van der Waals surface area contributed by atoms with Crippen LogP contribution in [-0.4, -0.2) is 53.3 Å². The Morgan fingerprint density at radius 3 is 2.59 bits per heavy atom. The van der Waals surface area contributed by atoms with Gasteiger partial charge < -0.3 is 26.0 Å². The highest BCUT2D eigenvalue weighted by molar-refractivity contribution is 6.39. The third kappa shape index (κ3) is 4.48. The van der Waals surface area contributed by atoms with Crippen LogP contribution in [0.3, 0.4) is 0 Å². The number of aromatic nitrogens is 2. The molecule has 0 unspecified atom stereocenters. The minimum atomic E-state index is -0.826. The van der Waals surface area contributed by atoms with Crippen molar-refractivity contribution in [2.75, 3.05) is 31.3 Å². The minimum Gasteiger partial charge on any atom is -0.480 e. The van der Waals surface area contributed by atoms with E-state index in [1.54, 1.807) is 18.1 Å². The zero-order valence-corrected chi connectivity index (χ0v) is 18.6. The number of nitrogens with one attached hydrogen (secondary N) is 2. The van der Waals surface area contributed by atoms with Gasteiger partial charge in [0.2, 0.25) is 5.88 Å². The highest BCUT2D eigenvalue weighted by Gasteiger charge is 2.43. The minimum absolute atomic E-state index is 0.00452. The summed E-state index contributed by atoms with van der Waals surface area (Å²) in [7, 11) is 3.14. The molecule has 0 saturated carbocycles. The molecule has 10 nitrogen and oxygen atoms in total. The molecule has 3 rings (SSSR count). The van der Waals surface area contributed by atoms with Gasteiger partial charge in [-0.05, 0) is 43.4 Å². The number of carbonyl (C=O) groups is 3. The van der Waals surface area contributed by atoms with E-state index in [0.29, 0.717) is 13.0 Å². The molecule has 1 fully saturated rings. The average molecular weight is 441 g/mol. The number of likely N-dealkylation sites (tertiary alicyclic amines) is 1. The SMILES string of the molecule is CNc1ccc([C@]2(C)CC[C@@H](C)CN2C(=O)C(=O)Nc2cnc(OC)c(C(N)=O)c2)cn1. The molecular formula is C22H28N6O4. The fraction of sp³-hybridized carbons (Fsp3) is 0.409. The number of pyridine rings is 2. The molecule has 1 saturated heterocycles. The van der Waals surface area contributed by atoms with Gasteiger partial charge in [-0.15, -0.1) is 0 Å². The van der Waals surface area contributed by atoms with Crippen LogP contribution in [0.5, 0.6) is 5.88 Å². The van der Waals surface area contributed by atoms with Crippen molar-refractivity contribution in [1.29, 1.82) is 0 Å². The number of carbonyl (C=O) groups excluding carboxylic acids is 3. The second kappa shape index (κ2) is 9.21. The number of piperidine rings is 1. The predicted molar refractivity (Wildman–Crippen MR) is 119 cm³/mol. The van der Waals surface area contributed by atoms with Crippen molar-refractivity contribution >= 4 is 29.2 Å². The van der Waals surface area contributed by atoms with E-state index in [4.69, 9.17) is 10.5 Å². The maximum absolute atomic E-state index is 13.2. The van der Waals surface area contributed by atoms with E-state index in [-0.39, 0.29) is 23.0 Å². The third-order valence-electron chi connectivity index (χ3n) is 5.86. The molecule has 0 radical (unpaired) electrons. The van der Waals surface area contributed by atoms with Gasteiger partial charge >= 0.3 is 11.8 Å². The number of amides is 3. The molecule has 3 heterocycles. The zero-order valence-electron chi connectivity index (χ0n) is 18.6. The van der Waals surface area contributed by atoms with Crippen molar-refractivity contribution < 1.29 is 19.1 Å². The monoisotopic (exact) mass is 440 g/mol. The smallest absolute Gasteiger partial charge is 0.313 e. The number of primary amides is 1. The van der Waals surface area contributed by atoms with Gasteiger partial charge in [0.05, 0.1) is 24.5 Å². The lowest BCUT2D eigenvalue weighted by molar-refractivity contribution is -0.150. The van der Waals surface area contributed by atoms with Crippen LogP contribution in [0, 0.1) is 5.92 Å². The van der Waals surface area contributed by atoms with Crippen LogP contribution in [-0.2, 0) is 15.1 Å². The summed E-state index contributed by atoms with van der Waals surface area (Å²) >= 11 is 0. The number of anilines is 2. The fourth-order valence-electron chi connectivity index (χ4n) is 3.90. The normalized spacial score (nSPS) is 20.4. The summed E-state index contributed by atoms with van der Waals surface area (Å²) in [6.07, 6.45) is 4.64. The molecule has 10 heteroatoms. The lowest BCUT2D eigenvalue weighted by Crippen LogP contribution is -2.55. The first kappa shape index (κ1) is 23.0. The van der Waals surface area contributed by atoms with Gasteiger partial charge in [-0.1, -0.05) is 13.0 Å². The maximum Gasteiger partial charge on any atom is 0.313 e. The lowest BCUT2D eigenvalue weighted by atomic mass is 9.79. The first-order valence-corrected chi connectivity index (χ1v) is 10.3.